The highest BCUT2D eigenvalue weighted by Crippen LogP contribution is 2.38. The summed E-state index contributed by atoms with van der Waals surface area (Å²) in [5.41, 5.74) is 1.10. The summed E-state index contributed by atoms with van der Waals surface area (Å²) in [5.74, 6) is 1.32. The molecule has 1 amide bonds. The number of carbonyl (C=O) groups is 1. The molecule has 0 unspecified atom stereocenters. The fourth-order valence-electron chi connectivity index (χ4n) is 2.46. The molecule has 3 aromatic rings. The number of aryl methyl sites for hydroxylation is 1. The largest absolute Gasteiger partial charge is 0.486 e. The Labute approximate surface area is 141 Å². The molecule has 9 heteroatoms. The molecule has 8 nitrogen and oxygen atoms in total. The number of nitrogens with one attached hydrogen (secondary N) is 1. The predicted octanol–water partition coefficient (Wildman–Crippen LogP) is 2.06. The quantitative estimate of drug-likeness (QED) is 0.781. The van der Waals surface area contributed by atoms with E-state index in [4.69, 9.17) is 14.2 Å². The van der Waals surface area contributed by atoms with Gasteiger partial charge in [-0.3, -0.25) is 14.8 Å². The summed E-state index contributed by atoms with van der Waals surface area (Å²) in [6.45, 7) is 1.05. The summed E-state index contributed by atoms with van der Waals surface area (Å²) in [4.78, 5) is 16.8. The van der Waals surface area contributed by atoms with Crippen LogP contribution in [0.1, 0.15) is 10.4 Å². The first-order chi connectivity index (χ1) is 11.6. The lowest BCUT2D eigenvalue weighted by atomic mass is 10.3. The number of methoxy groups -OCH3 is 1. The van der Waals surface area contributed by atoms with Crippen molar-refractivity contribution in [1.29, 1.82) is 0 Å². The van der Waals surface area contributed by atoms with Gasteiger partial charge in [-0.2, -0.15) is 0 Å². The molecular formula is C15H14N4O4S. The van der Waals surface area contributed by atoms with E-state index < -0.39 is 0 Å². The smallest absolute Gasteiger partial charge is 0.264 e. The molecule has 0 fully saturated rings. The first-order valence-electron chi connectivity index (χ1n) is 7.23. The van der Waals surface area contributed by atoms with E-state index in [1.54, 1.807) is 13.2 Å². The molecule has 2 aromatic heterocycles. The van der Waals surface area contributed by atoms with Gasteiger partial charge in [-0.25, -0.2) is 4.98 Å². The topological polar surface area (TPSA) is 87.5 Å². The van der Waals surface area contributed by atoms with Crippen LogP contribution in [0.5, 0.6) is 17.4 Å². The average molecular weight is 346 g/mol. The summed E-state index contributed by atoms with van der Waals surface area (Å²) in [6.07, 6.45) is 1.60. The van der Waals surface area contributed by atoms with Crippen molar-refractivity contribution in [2.45, 2.75) is 0 Å². The minimum atomic E-state index is -0.323. The van der Waals surface area contributed by atoms with Crippen LogP contribution < -0.4 is 19.5 Å². The number of aromatic nitrogens is 3. The summed E-state index contributed by atoms with van der Waals surface area (Å²) in [7, 11) is 3.20. The third-order valence-electron chi connectivity index (χ3n) is 3.51. The van der Waals surface area contributed by atoms with Crippen molar-refractivity contribution in [1.82, 2.24) is 14.8 Å². The van der Waals surface area contributed by atoms with Crippen molar-refractivity contribution in [3.05, 3.63) is 23.9 Å². The van der Waals surface area contributed by atoms with Gasteiger partial charge in [-0.1, -0.05) is 11.3 Å². The Kier molecular flexibility index (Phi) is 3.49. The Bertz CT molecular complexity index is 890. The number of nitrogens with zero attached hydrogens (tertiary/aromatic N) is 3. The van der Waals surface area contributed by atoms with Gasteiger partial charge in [-0.15, -0.1) is 5.10 Å². The minimum absolute atomic E-state index is 0.272. The lowest BCUT2D eigenvalue weighted by Crippen LogP contribution is -2.15. The molecule has 0 radical (unpaired) electrons. The molecule has 1 aliphatic rings. The number of fused-ring (bicyclic) bond motifs is 2. The molecule has 0 saturated heterocycles. The fourth-order valence-corrected chi connectivity index (χ4v) is 3.33. The van der Waals surface area contributed by atoms with Gasteiger partial charge in [0.05, 0.1) is 17.3 Å². The molecule has 4 rings (SSSR count). The van der Waals surface area contributed by atoms with Crippen LogP contribution in [0, 0.1) is 0 Å². The van der Waals surface area contributed by atoms with Crippen molar-refractivity contribution in [2.24, 2.45) is 7.05 Å². The van der Waals surface area contributed by atoms with Crippen molar-refractivity contribution in [3.8, 4) is 17.4 Å². The standard InChI is InChI=1S/C15H14N4O4S/c1-19-7-8(14(18-19)21-2)13(20)17-15-16-9-5-10-11(6-12(9)24-15)23-4-3-22-10/h5-7H,3-4H2,1-2H3,(H,16,17,20). The van der Waals surface area contributed by atoms with Crippen LogP contribution in [0.3, 0.4) is 0 Å². The lowest BCUT2D eigenvalue weighted by molar-refractivity contribution is 0.102. The number of ether oxygens (including phenoxy) is 3. The molecule has 24 heavy (non-hydrogen) atoms. The van der Waals surface area contributed by atoms with E-state index >= 15 is 0 Å². The monoisotopic (exact) mass is 346 g/mol. The van der Waals surface area contributed by atoms with Gasteiger partial charge < -0.3 is 14.2 Å². The maximum Gasteiger partial charge on any atom is 0.264 e. The third-order valence-corrected chi connectivity index (χ3v) is 4.44. The van der Waals surface area contributed by atoms with Gasteiger partial charge in [0, 0.05) is 25.4 Å². The zero-order valence-corrected chi connectivity index (χ0v) is 13.8. The van der Waals surface area contributed by atoms with Gasteiger partial charge in [0.2, 0.25) is 5.88 Å². The average Bonchev–Trinajstić information content (AvgIpc) is 3.14. The van der Waals surface area contributed by atoms with Crippen LogP contribution in [0.15, 0.2) is 18.3 Å². The number of thiazole rings is 1. The summed E-state index contributed by atoms with van der Waals surface area (Å²) in [6, 6.07) is 3.70. The second-order valence-electron chi connectivity index (χ2n) is 5.16. The number of rotatable bonds is 3. The van der Waals surface area contributed by atoms with E-state index in [1.165, 1.54) is 23.1 Å². The van der Waals surface area contributed by atoms with Crippen molar-refractivity contribution < 1.29 is 19.0 Å². The molecule has 0 atom stereocenters. The van der Waals surface area contributed by atoms with Crippen LogP contribution >= 0.6 is 11.3 Å². The predicted molar refractivity (Wildman–Crippen MR) is 88.3 cm³/mol. The van der Waals surface area contributed by atoms with E-state index in [9.17, 15) is 4.79 Å². The van der Waals surface area contributed by atoms with Gasteiger partial charge >= 0.3 is 0 Å². The normalized spacial score (nSPS) is 13.1. The second kappa shape index (κ2) is 5.68. The fraction of sp³-hybridized carbons (Fsp3) is 0.267. The van der Waals surface area contributed by atoms with Crippen LogP contribution in [-0.2, 0) is 7.05 Å². The van der Waals surface area contributed by atoms with Gasteiger partial charge in [0.25, 0.3) is 5.91 Å². The molecule has 3 heterocycles. The van der Waals surface area contributed by atoms with Crippen LogP contribution in [0.2, 0.25) is 0 Å². The van der Waals surface area contributed by atoms with Crippen LogP contribution in [-0.4, -0.2) is 41.0 Å². The molecule has 0 aliphatic carbocycles. The Hall–Kier alpha value is -2.81. The number of amides is 1. The molecule has 1 aliphatic heterocycles. The molecule has 124 valence electrons. The second-order valence-corrected chi connectivity index (χ2v) is 6.19. The zero-order valence-electron chi connectivity index (χ0n) is 13.0. The van der Waals surface area contributed by atoms with Crippen LogP contribution in [0.4, 0.5) is 5.13 Å². The number of hydrogen-bond acceptors (Lipinski definition) is 7. The molecule has 0 saturated carbocycles. The van der Waals surface area contributed by atoms with Crippen molar-refractivity contribution in [3.63, 3.8) is 0 Å². The Morgan fingerprint density at radius 1 is 1.33 bits per heavy atom. The van der Waals surface area contributed by atoms with Crippen molar-refractivity contribution in [2.75, 3.05) is 25.6 Å². The lowest BCUT2D eigenvalue weighted by Gasteiger charge is -2.17. The van der Waals surface area contributed by atoms with Gasteiger partial charge in [-0.05, 0) is 0 Å². The number of benzene rings is 1. The third kappa shape index (κ3) is 2.52. The van der Waals surface area contributed by atoms with E-state index in [1.807, 2.05) is 12.1 Å². The molecular weight excluding hydrogens is 332 g/mol. The van der Waals surface area contributed by atoms with E-state index in [-0.39, 0.29) is 11.8 Å². The van der Waals surface area contributed by atoms with Crippen LogP contribution in [0.25, 0.3) is 10.2 Å². The zero-order chi connectivity index (χ0) is 16.7. The molecule has 0 spiro atoms. The highest BCUT2D eigenvalue weighted by molar-refractivity contribution is 7.22. The maximum absolute atomic E-state index is 12.4. The molecule has 1 aromatic carbocycles. The minimum Gasteiger partial charge on any atom is -0.486 e. The first kappa shape index (κ1) is 14.8. The van der Waals surface area contributed by atoms with Gasteiger partial charge in [0.1, 0.15) is 18.8 Å². The number of hydrogen-bond donors (Lipinski definition) is 1. The van der Waals surface area contributed by atoms with Gasteiger partial charge in [0.15, 0.2) is 16.6 Å². The highest BCUT2D eigenvalue weighted by Gasteiger charge is 2.19. The summed E-state index contributed by atoms with van der Waals surface area (Å²) >= 11 is 1.37. The summed E-state index contributed by atoms with van der Waals surface area (Å²) in [5, 5.41) is 7.34. The first-order valence-corrected chi connectivity index (χ1v) is 8.05. The van der Waals surface area contributed by atoms with E-state index in [0.717, 1.165) is 10.2 Å². The van der Waals surface area contributed by atoms with E-state index in [2.05, 4.69) is 15.4 Å². The Balaban J connectivity index is 1.63. The SMILES string of the molecule is COc1nn(C)cc1C(=O)Nc1nc2cc3c(cc2s1)OCCO3. The Morgan fingerprint density at radius 3 is 2.83 bits per heavy atom. The number of carbonyl (C=O) groups excluding carboxylic acids is 1. The maximum atomic E-state index is 12.4. The highest BCUT2D eigenvalue weighted by atomic mass is 32.1. The number of anilines is 1. The van der Waals surface area contributed by atoms with E-state index in [0.29, 0.717) is 35.4 Å². The molecule has 0 bridgehead atoms. The van der Waals surface area contributed by atoms with Crippen molar-refractivity contribution >= 4 is 32.6 Å². The molecule has 1 N–H and O–H groups in total. The summed E-state index contributed by atoms with van der Waals surface area (Å²) < 4.78 is 18.7. The Morgan fingerprint density at radius 2 is 2.08 bits per heavy atom.